The summed E-state index contributed by atoms with van der Waals surface area (Å²) in [7, 11) is 0. The fourth-order valence-corrected chi connectivity index (χ4v) is 1.53. The first kappa shape index (κ1) is 7.98. The molecule has 0 fully saturated rings. The Morgan fingerprint density at radius 2 is 2.20 bits per heavy atom. The van der Waals surface area contributed by atoms with E-state index in [-0.39, 0.29) is 5.82 Å². The van der Waals surface area contributed by atoms with E-state index in [1.54, 1.807) is 12.1 Å². The molecule has 0 unspecified atom stereocenters. The van der Waals surface area contributed by atoms with Crippen molar-refractivity contribution in [2.24, 2.45) is 0 Å². The highest BCUT2D eigenvalue weighted by Crippen LogP contribution is 2.13. The van der Waals surface area contributed by atoms with Crippen LogP contribution >= 0.6 is 22.6 Å². The van der Waals surface area contributed by atoms with Crippen LogP contribution in [-0.4, -0.2) is 0 Å². The van der Waals surface area contributed by atoms with E-state index < -0.39 is 0 Å². The van der Waals surface area contributed by atoms with Gasteiger partial charge in [0.15, 0.2) is 0 Å². The SMILES string of the molecule is CCc1cc(F)ccc1I. The predicted molar refractivity (Wildman–Crippen MR) is 48.5 cm³/mol. The highest BCUT2D eigenvalue weighted by Gasteiger charge is 1.97. The molecule has 0 aromatic heterocycles. The fraction of sp³-hybridized carbons (Fsp3) is 0.250. The second-order valence-electron chi connectivity index (χ2n) is 2.09. The van der Waals surface area contributed by atoms with Crippen LogP contribution in [0.25, 0.3) is 0 Å². The van der Waals surface area contributed by atoms with E-state index in [1.165, 1.54) is 6.07 Å². The van der Waals surface area contributed by atoms with Crippen LogP contribution in [-0.2, 0) is 6.42 Å². The Balaban J connectivity index is 3.09. The zero-order valence-corrected chi connectivity index (χ0v) is 7.85. The van der Waals surface area contributed by atoms with Gasteiger partial charge in [-0.25, -0.2) is 4.39 Å². The van der Waals surface area contributed by atoms with Crippen LogP contribution in [0.3, 0.4) is 0 Å². The monoisotopic (exact) mass is 250 g/mol. The number of hydrogen-bond donors (Lipinski definition) is 0. The van der Waals surface area contributed by atoms with Gasteiger partial charge >= 0.3 is 0 Å². The predicted octanol–water partition coefficient (Wildman–Crippen LogP) is 2.99. The van der Waals surface area contributed by atoms with Gasteiger partial charge in [-0.2, -0.15) is 0 Å². The van der Waals surface area contributed by atoms with Crippen molar-refractivity contribution in [1.29, 1.82) is 0 Å². The Bertz CT molecular complexity index is 233. The molecule has 0 heterocycles. The van der Waals surface area contributed by atoms with Crippen molar-refractivity contribution in [1.82, 2.24) is 0 Å². The summed E-state index contributed by atoms with van der Waals surface area (Å²) in [6.45, 7) is 2.02. The van der Waals surface area contributed by atoms with Crippen molar-refractivity contribution in [3.63, 3.8) is 0 Å². The Labute approximate surface area is 73.6 Å². The first-order valence-corrected chi connectivity index (χ1v) is 4.26. The van der Waals surface area contributed by atoms with Crippen LogP contribution in [0.2, 0.25) is 0 Å². The second-order valence-corrected chi connectivity index (χ2v) is 3.25. The normalized spacial score (nSPS) is 9.90. The van der Waals surface area contributed by atoms with Gasteiger partial charge in [-0.05, 0) is 52.8 Å². The van der Waals surface area contributed by atoms with Gasteiger partial charge in [-0.3, -0.25) is 0 Å². The molecule has 0 aliphatic rings. The summed E-state index contributed by atoms with van der Waals surface area (Å²) in [6.07, 6.45) is 0.899. The van der Waals surface area contributed by atoms with Gasteiger partial charge in [0.25, 0.3) is 0 Å². The molecule has 0 spiro atoms. The topological polar surface area (TPSA) is 0 Å². The molecule has 1 aromatic carbocycles. The van der Waals surface area contributed by atoms with Crippen molar-refractivity contribution in [2.75, 3.05) is 0 Å². The van der Waals surface area contributed by atoms with E-state index in [2.05, 4.69) is 22.6 Å². The molecule has 54 valence electrons. The van der Waals surface area contributed by atoms with Gasteiger partial charge < -0.3 is 0 Å². The number of rotatable bonds is 1. The first-order valence-electron chi connectivity index (χ1n) is 3.18. The molecule has 10 heavy (non-hydrogen) atoms. The summed E-state index contributed by atoms with van der Waals surface area (Å²) in [5.74, 6) is -0.141. The first-order chi connectivity index (χ1) is 4.74. The van der Waals surface area contributed by atoms with Crippen molar-refractivity contribution in [3.05, 3.63) is 33.1 Å². The quantitative estimate of drug-likeness (QED) is 0.672. The maximum Gasteiger partial charge on any atom is 0.123 e. The largest absolute Gasteiger partial charge is 0.207 e. The Hall–Kier alpha value is -0.120. The van der Waals surface area contributed by atoms with E-state index in [4.69, 9.17) is 0 Å². The van der Waals surface area contributed by atoms with Gasteiger partial charge in [-0.1, -0.05) is 6.92 Å². The molecule has 0 aliphatic heterocycles. The van der Waals surface area contributed by atoms with Gasteiger partial charge in [0.1, 0.15) is 5.82 Å². The standard InChI is InChI=1S/C8H8FI/c1-2-6-5-7(9)3-4-8(6)10/h3-5H,2H2,1H3. The third-order valence-electron chi connectivity index (χ3n) is 1.39. The summed E-state index contributed by atoms with van der Waals surface area (Å²) in [5.41, 5.74) is 1.08. The van der Waals surface area contributed by atoms with Crippen molar-refractivity contribution in [2.45, 2.75) is 13.3 Å². The molecule has 0 nitrogen and oxygen atoms in total. The maximum absolute atomic E-state index is 12.5. The molecule has 2 heteroatoms. The number of halogens is 2. The zero-order chi connectivity index (χ0) is 7.56. The third kappa shape index (κ3) is 1.68. The molecule has 0 radical (unpaired) electrons. The summed E-state index contributed by atoms with van der Waals surface area (Å²) in [5, 5.41) is 0. The van der Waals surface area contributed by atoms with Gasteiger partial charge in [0.05, 0.1) is 0 Å². The van der Waals surface area contributed by atoms with E-state index in [9.17, 15) is 4.39 Å². The lowest BCUT2D eigenvalue weighted by Crippen LogP contribution is -1.86. The molecular formula is C8H8FI. The second kappa shape index (κ2) is 3.32. The molecular weight excluding hydrogens is 242 g/mol. The molecule has 0 atom stereocenters. The Morgan fingerprint density at radius 1 is 1.50 bits per heavy atom. The molecule has 0 bridgehead atoms. The summed E-state index contributed by atoms with van der Waals surface area (Å²) in [4.78, 5) is 0. The van der Waals surface area contributed by atoms with Crippen LogP contribution in [0.5, 0.6) is 0 Å². The third-order valence-corrected chi connectivity index (χ3v) is 2.44. The molecule has 0 N–H and O–H groups in total. The molecule has 0 aliphatic carbocycles. The van der Waals surface area contributed by atoms with Crippen LogP contribution in [0, 0.1) is 9.39 Å². The molecule has 1 rings (SSSR count). The number of benzene rings is 1. The summed E-state index contributed by atoms with van der Waals surface area (Å²) >= 11 is 2.21. The lowest BCUT2D eigenvalue weighted by atomic mass is 10.2. The van der Waals surface area contributed by atoms with Crippen LogP contribution in [0.1, 0.15) is 12.5 Å². The average molecular weight is 250 g/mol. The van der Waals surface area contributed by atoms with Gasteiger partial charge in [-0.15, -0.1) is 0 Å². The van der Waals surface area contributed by atoms with Crippen molar-refractivity contribution >= 4 is 22.6 Å². The molecule has 1 aromatic rings. The van der Waals surface area contributed by atoms with E-state index >= 15 is 0 Å². The zero-order valence-electron chi connectivity index (χ0n) is 5.70. The average Bonchev–Trinajstić information content (AvgIpc) is 1.94. The number of aryl methyl sites for hydroxylation is 1. The van der Waals surface area contributed by atoms with E-state index in [1.807, 2.05) is 6.92 Å². The Morgan fingerprint density at radius 3 is 2.70 bits per heavy atom. The smallest absolute Gasteiger partial charge is 0.123 e. The van der Waals surface area contributed by atoms with Crippen molar-refractivity contribution < 1.29 is 4.39 Å². The molecule has 0 amide bonds. The minimum Gasteiger partial charge on any atom is -0.207 e. The van der Waals surface area contributed by atoms with E-state index in [0.29, 0.717) is 0 Å². The molecule has 0 saturated heterocycles. The van der Waals surface area contributed by atoms with Crippen LogP contribution < -0.4 is 0 Å². The van der Waals surface area contributed by atoms with Crippen LogP contribution in [0.4, 0.5) is 4.39 Å². The number of hydrogen-bond acceptors (Lipinski definition) is 0. The maximum atomic E-state index is 12.5. The fourth-order valence-electron chi connectivity index (χ4n) is 0.814. The van der Waals surface area contributed by atoms with Gasteiger partial charge in [0.2, 0.25) is 0 Å². The summed E-state index contributed by atoms with van der Waals surface area (Å²) < 4.78 is 13.7. The summed E-state index contributed by atoms with van der Waals surface area (Å²) in [6, 6.07) is 4.87. The van der Waals surface area contributed by atoms with E-state index in [0.717, 1.165) is 15.6 Å². The Kier molecular flexibility index (Phi) is 2.65. The highest BCUT2D eigenvalue weighted by atomic mass is 127. The van der Waals surface area contributed by atoms with Crippen LogP contribution in [0.15, 0.2) is 18.2 Å². The van der Waals surface area contributed by atoms with Gasteiger partial charge in [0, 0.05) is 3.57 Å². The lowest BCUT2D eigenvalue weighted by molar-refractivity contribution is 0.625. The highest BCUT2D eigenvalue weighted by molar-refractivity contribution is 14.1. The minimum atomic E-state index is -0.141. The lowest BCUT2D eigenvalue weighted by Gasteiger charge is -1.98. The minimum absolute atomic E-state index is 0.141. The van der Waals surface area contributed by atoms with Crippen molar-refractivity contribution in [3.8, 4) is 0 Å². The molecule has 0 saturated carbocycles.